The van der Waals surface area contributed by atoms with Gasteiger partial charge in [-0.15, -0.1) is 0 Å². The molecule has 0 heterocycles. The first-order valence-corrected chi connectivity index (χ1v) is 5.13. The highest BCUT2D eigenvalue weighted by molar-refractivity contribution is 6.24. The third-order valence-electron chi connectivity index (χ3n) is 2.32. The summed E-state index contributed by atoms with van der Waals surface area (Å²) in [5.74, 6) is 0.660. The molecule has 0 amide bonds. The molecule has 0 aromatic rings. The zero-order valence-corrected chi connectivity index (χ0v) is 9.43. The van der Waals surface area contributed by atoms with Crippen LogP contribution in [0.4, 0.5) is 0 Å². The molecule has 0 aliphatic carbocycles. The lowest BCUT2D eigenvalue weighted by Gasteiger charge is -2.07. The molecular formula is C12H21B. The number of allylic oxidation sites excluding steroid dienone is 5. The Kier molecular flexibility index (Phi) is 6.39. The second kappa shape index (κ2) is 6.76. The Bertz CT molecular complexity index is 211. The number of rotatable bonds is 5. The van der Waals surface area contributed by atoms with Crippen molar-refractivity contribution in [1.82, 2.24) is 0 Å². The Morgan fingerprint density at radius 2 is 2.15 bits per heavy atom. The second-order valence-electron chi connectivity index (χ2n) is 3.56. The van der Waals surface area contributed by atoms with Gasteiger partial charge in [-0.3, -0.25) is 0 Å². The van der Waals surface area contributed by atoms with Gasteiger partial charge in [0.2, 0.25) is 0 Å². The van der Waals surface area contributed by atoms with Crippen molar-refractivity contribution in [3.05, 3.63) is 35.9 Å². The first-order valence-electron chi connectivity index (χ1n) is 5.13. The van der Waals surface area contributed by atoms with E-state index in [-0.39, 0.29) is 0 Å². The van der Waals surface area contributed by atoms with Crippen LogP contribution in [0.25, 0.3) is 0 Å². The zero-order valence-electron chi connectivity index (χ0n) is 9.43. The van der Waals surface area contributed by atoms with Gasteiger partial charge in [0.1, 0.15) is 7.85 Å². The molecule has 0 N–H and O–H groups in total. The molecular weight excluding hydrogens is 155 g/mol. The molecule has 1 unspecified atom stereocenters. The molecule has 72 valence electrons. The van der Waals surface area contributed by atoms with Crippen molar-refractivity contribution in [3.8, 4) is 0 Å². The van der Waals surface area contributed by atoms with Gasteiger partial charge in [0.15, 0.2) is 0 Å². The lowest BCUT2D eigenvalue weighted by Crippen LogP contribution is -1.93. The Morgan fingerprint density at radius 1 is 1.54 bits per heavy atom. The normalized spacial score (nSPS) is 15.6. The van der Waals surface area contributed by atoms with Crippen LogP contribution in [0.3, 0.4) is 0 Å². The van der Waals surface area contributed by atoms with Gasteiger partial charge in [0, 0.05) is 0 Å². The highest BCUT2D eigenvalue weighted by Crippen LogP contribution is 2.14. The van der Waals surface area contributed by atoms with Crippen molar-refractivity contribution in [2.75, 3.05) is 0 Å². The molecule has 0 saturated heterocycles. The van der Waals surface area contributed by atoms with E-state index in [1.807, 2.05) is 6.08 Å². The monoisotopic (exact) mass is 176 g/mol. The van der Waals surface area contributed by atoms with Gasteiger partial charge < -0.3 is 0 Å². The Morgan fingerprint density at radius 3 is 2.54 bits per heavy atom. The fourth-order valence-corrected chi connectivity index (χ4v) is 1.37. The fourth-order valence-electron chi connectivity index (χ4n) is 1.37. The van der Waals surface area contributed by atoms with Crippen LogP contribution in [0, 0.1) is 5.92 Å². The van der Waals surface area contributed by atoms with Gasteiger partial charge in [-0.05, 0) is 24.8 Å². The second-order valence-corrected chi connectivity index (χ2v) is 3.56. The van der Waals surface area contributed by atoms with Crippen molar-refractivity contribution < 1.29 is 0 Å². The predicted octanol–water partition coefficient (Wildman–Crippen LogP) is 3.07. The van der Waals surface area contributed by atoms with Crippen LogP contribution in [0.1, 0.15) is 33.6 Å². The van der Waals surface area contributed by atoms with E-state index < -0.39 is 0 Å². The minimum Gasteiger partial charge on any atom is -0.0985 e. The van der Waals surface area contributed by atoms with Gasteiger partial charge in [-0.2, -0.15) is 0 Å². The SMILES string of the molecule is BC(=C/C)/C(C=C)=C\C(C)CCC. The first kappa shape index (κ1) is 12.3. The van der Waals surface area contributed by atoms with Gasteiger partial charge in [-0.1, -0.05) is 50.5 Å². The van der Waals surface area contributed by atoms with Gasteiger partial charge in [0.05, 0.1) is 0 Å². The molecule has 0 aromatic heterocycles. The molecule has 0 rings (SSSR count). The summed E-state index contributed by atoms with van der Waals surface area (Å²) in [6.45, 7) is 10.4. The van der Waals surface area contributed by atoms with E-state index in [4.69, 9.17) is 0 Å². The minimum absolute atomic E-state index is 0.660. The summed E-state index contributed by atoms with van der Waals surface area (Å²) in [6, 6.07) is 0. The molecule has 0 saturated carbocycles. The number of hydrogen-bond acceptors (Lipinski definition) is 0. The quantitative estimate of drug-likeness (QED) is 0.446. The Balaban J connectivity index is 4.46. The fraction of sp³-hybridized carbons (Fsp3) is 0.500. The summed E-state index contributed by atoms with van der Waals surface area (Å²) in [5, 5.41) is 0. The lowest BCUT2D eigenvalue weighted by atomic mass is 9.86. The van der Waals surface area contributed by atoms with Crippen LogP contribution >= 0.6 is 0 Å². The third kappa shape index (κ3) is 4.77. The standard InChI is InChI=1S/C12H21B/c1-5-8-10(4)9-11(6-2)12(13)7-3/h6-7,9-10H,2,5,8,13H2,1,3-4H3/b11-9-,12-7+. The topological polar surface area (TPSA) is 0 Å². The van der Waals surface area contributed by atoms with Gasteiger partial charge in [-0.25, -0.2) is 0 Å². The highest BCUT2D eigenvalue weighted by atomic mass is 14.0. The van der Waals surface area contributed by atoms with Gasteiger partial charge in [0.25, 0.3) is 0 Å². The average Bonchev–Trinajstić information content (AvgIpc) is 2.13. The molecule has 1 atom stereocenters. The summed E-state index contributed by atoms with van der Waals surface area (Å²) in [6.07, 6.45) is 8.89. The van der Waals surface area contributed by atoms with E-state index in [9.17, 15) is 0 Å². The molecule has 0 fully saturated rings. The van der Waals surface area contributed by atoms with E-state index in [0.29, 0.717) is 5.92 Å². The highest BCUT2D eigenvalue weighted by Gasteiger charge is 1.99. The lowest BCUT2D eigenvalue weighted by molar-refractivity contribution is 0.632. The van der Waals surface area contributed by atoms with Crippen molar-refractivity contribution in [1.29, 1.82) is 0 Å². The maximum Gasteiger partial charge on any atom is 0.139 e. The number of hydrogen-bond donors (Lipinski definition) is 0. The van der Waals surface area contributed by atoms with Crippen LogP contribution in [-0.4, -0.2) is 7.85 Å². The summed E-state index contributed by atoms with van der Waals surface area (Å²) in [7, 11) is 2.13. The molecule has 0 nitrogen and oxygen atoms in total. The van der Waals surface area contributed by atoms with Crippen LogP contribution in [-0.2, 0) is 0 Å². The molecule has 1 heteroatoms. The van der Waals surface area contributed by atoms with Crippen molar-refractivity contribution in [3.63, 3.8) is 0 Å². The molecule has 13 heavy (non-hydrogen) atoms. The summed E-state index contributed by atoms with van der Waals surface area (Å²) >= 11 is 0. The van der Waals surface area contributed by atoms with E-state index >= 15 is 0 Å². The van der Waals surface area contributed by atoms with Crippen LogP contribution < -0.4 is 0 Å². The molecule has 0 bridgehead atoms. The average molecular weight is 176 g/mol. The largest absolute Gasteiger partial charge is 0.139 e. The summed E-state index contributed by atoms with van der Waals surface area (Å²) < 4.78 is 0. The third-order valence-corrected chi connectivity index (χ3v) is 2.32. The maximum atomic E-state index is 3.83. The molecule has 0 spiro atoms. The van der Waals surface area contributed by atoms with Gasteiger partial charge >= 0.3 is 0 Å². The molecule has 0 aliphatic rings. The maximum absolute atomic E-state index is 3.83. The first-order chi connectivity index (χ1) is 6.15. The predicted molar refractivity (Wildman–Crippen MR) is 64.7 cm³/mol. The summed E-state index contributed by atoms with van der Waals surface area (Å²) in [4.78, 5) is 0. The van der Waals surface area contributed by atoms with Crippen molar-refractivity contribution in [2.24, 2.45) is 5.92 Å². The van der Waals surface area contributed by atoms with Crippen molar-refractivity contribution in [2.45, 2.75) is 33.6 Å². The Hall–Kier alpha value is -0.715. The van der Waals surface area contributed by atoms with E-state index in [1.54, 1.807) is 0 Å². The smallest absolute Gasteiger partial charge is 0.0985 e. The molecule has 0 aliphatic heterocycles. The van der Waals surface area contributed by atoms with Crippen LogP contribution in [0.2, 0.25) is 0 Å². The van der Waals surface area contributed by atoms with Crippen molar-refractivity contribution >= 4 is 7.85 Å². The zero-order chi connectivity index (χ0) is 10.3. The minimum atomic E-state index is 0.660. The molecule has 0 radical (unpaired) electrons. The van der Waals surface area contributed by atoms with E-state index in [0.717, 1.165) is 0 Å². The Labute approximate surface area is 83.8 Å². The van der Waals surface area contributed by atoms with Crippen LogP contribution in [0.5, 0.6) is 0 Å². The van der Waals surface area contributed by atoms with E-state index in [2.05, 4.69) is 47.3 Å². The summed E-state index contributed by atoms with van der Waals surface area (Å²) in [5.41, 5.74) is 2.60. The molecule has 0 aromatic carbocycles. The van der Waals surface area contributed by atoms with Crippen LogP contribution in [0.15, 0.2) is 35.9 Å². The van der Waals surface area contributed by atoms with E-state index in [1.165, 1.54) is 23.9 Å².